The average molecular weight is 515 g/mol. The van der Waals surface area contributed by atoms with Crippen molar-refractivity contribution >= 4 is 25.9 Å². The standard InChI is InChI=1S/C20H26N3O9PS/c1-12(17(26)29-3)22-33(28,32-13-7-5-4-6-8-13)30-11-14-16(25)20(2,27)18(31-14)23-10-9-15(24)21-19(23)34/h4-10,12,14,16,18,25,27H,11H2,1-3H3,(H,22,28)(H,21,24,34)/t12-,14+,16?,18+,20+,33?/m0/s1. The van der Waals surface area contributed by atoms with Crippen LogP contribution in [0.1, 0.15) is 20.1 Å². The second-order valence-corrected chi connectivity index (χ2v) is 9.87. The number of methoxy groups -OCH3 is 1. The molecule has 3 rings (SSSR count). The monoisotopic (exact) mass is 515 g/mol. The molecule has 4 N–H and O–H groups in total. The number of hydrogen-bond acceptors (Lipinski definition) is 10. The molecule has 12 nitrogen and oxygen atoms in total. The van der Waals surface area contributed by atoms with E-state index in [1.807, 2.05) is 0 Å². The number of rotatable bonds is 9. The van der Waals surface area contributed by atoms with Crippen molar-refractivity contribution in [1.29, 1.82) is 0 Å². The van der Waals surface area contributed by atoms with Gasteiger partial charge in [0.05, 0.1) is 13.7 Å². The van der Waals surface area contributed by atoms with Crippen LogP contribution in [0.5, 0.6) is 5.75 Å². The summed E-state index contributed by atoms with van der Waals surface area (Å²) in [6.45, 7) is 2.25. The highest BCUT2D eigenvalue weighted by Crippen LogP contribution is 2.47. The number of nitrogens with one attached hydrogen (secondary N) is 2. The Hall–Kier alpha value is -2.38. The van der Waals surface area contributed by atoms with Crippen LogP contribution < -0.4 is 15.2 Å². The third-order valence-electron chi connectivity index (χ3n) is 5.14. The van der Waals surface area contributed by atoms with Gasteiger partial charge in [-0.15, -0.1) is 0 Å². The molecule has 1 aliphatic rings. The van der Waals surface area contributed by atoms with Crippen molar-refractivity contribution in [2.24, 2.45) is 0 Å². The lowest BCUT2D eigenvalue weighted by atomic mass is 9.96. The number of esters is 1. The molecule has 0 aliphatic carbocycles. The number of para-hydroxylation sites is 1. The largest absolute Gasteiger partial charge is 0.468 e. The predicted octanol–water partition coefficient (Wildman–Crippen LogP) is 1.27. The SMILES string of the molecule is COC(=O)[C@H](C)NP(=O)(OC[C@H]1O[C@@H](n2ccc(=O)[nH]c2=S)[C@](C)(O)C1O)Oc1ccccc1. The van der Waals surface area contributed by atoms with Crippen LogP contribution in [0.2, 0.25) is 0 Å². The van der Waals surface area contributed by atoms with Crippen LogP contribution in [0.15, 0.2) is 47.4 Å². The smallest absolute Gasteiger partial charge is 0.459 e. The van der Waals surface area contributed by atoms with Gasteiger partial charge < -0.3 is 24.2 Å². The molecular weight excluding hydrogens is 489 g/mol. The number of aromatic nitrogens is 2. The molecule has 0 saturated carbocycles. The van der Waals surface area contributed by atoms with Gasteiger partial charge in [-0.1, -0.05) is 18.2 Å². The van der Waals surface area contributed by atoms with Crippen LogP contribution in [0.4, 0.5) is 0 Å². The van der Waals surface area contributed by atoms with Crippen molar-refractivity contribution in [2.75, 3.05) is 13.7 Å². The first kappa shape index (κ1) is 26.2. The highest BCUT2D eigenvalue weighted by molar-refractivity contribution is 7.71. The molecule has 34 heavy (non-hydrogen) atoms. The summed E-state index contributed by atoms with van der Waals surface area (Å²) in [4.78, 5) is 25.7. The fourth-order valence-corrected chi connectivity index (χ4v) is 5.10. The van der Waals surface area contributed by atoms with E-state index < -0.39 is 56.0 Å². The van der Waals surface area contributed by atoms with Crippen LogP contribution in [-0.4, -0.2) is 63.3 Å². The molecule has 1 aromatic heterocycles. The van der Waals surface area contributed by atoms with Crippen molar-refractivity contribution < 1.29 is 38.1 Å². The Morgan fingerprint density at radius 3 is 2.68 bits per heavy atom. The Balaban J connectivity index is 1.80. The van der Waals surface area contributed by atoms with E-state index in [1.165, 1.54) is 37.8 Å². The summed E-state index contributed by atoms with van der Waals surface area (Å²) in [6, 6.07) is 8.26. The molecule has 1 aromatic carbocycles. The first-order chi connectivity index (χ1) is 16.0. The molecule has 0 spiro atoms. The molecule has 2 aromatic rings. The van der Waals surface area contributed by atoms with Gasteiger partial charge in [-0.3, -0.25) is 23.7 Å². The van der Waals surface area contributed by atoms with E-state index in [0.717, 1.165) is 0 Å². The summed E-state index contributed by atoms with van der Waals surface area (Å²) < 4.78 is 36.1. The number of nitrogens with zero attached hydrogens (tertiary/aromatic N) is 1. The van der Waals surface area contributed by atoms with E-state index in [-0.39, 0.29) is 10.5 Å². The molecule has 1 fully saturated rings. The lowest BCUT2D eigenvalue weighted by Crippen LogP contribution is -2.45. The van der Waals surface area contributed by atoms with Crippen LogP contribution in [0.3, 0.4) is 0 Å². The lowest BCUT2D eigenvalue weighted by molar-refractivity contribution is -0.142. The maximum Gasteiger partial charge on any atom is 0.459 e. The number of carbonyl (C=O) groups excluding carboxylic acids is 1. The number of aromatic amines is 1. The van der Waals surface area contributed by atoms with Gasteiger partial charge in [-0.2, -0.15) is 5.09 Å². The molecule has 0 radical (unpaired) electrons. The summed E-state index contributed by atoms with van der Waals surface area (Å²) in [5.41, 5.74) is -2.29. The third-order valence-corrected chi connectivity index (χ3v) is 7.10. The lowest BCUT2D eigenvalue weighted by Gasteiger charge is -2.28. The summed E-state index contributed by atoms with van der Waals surface area (Å²) in [5, 5.41) is 24.1. The molecule has 0 bridgehead atoms. The van der Waals surface area contributed by atoms with Crippen LogP contribution >= 0.6 is 20.0 Å². The molecular formula is C20H26N3O9PS. The second kappa shape index (κ2) is 10.5. The Morgan fingerprint density at radius 2 is 2.06 bits per heavy atom. The van der Waals surface area contributed by atoms with Gasteiger partial charge in [0.1, 0.15) is 29.6 Å². The van der Waals surface area contributed by atoms with E-state index >= 15 is 0 Å². The number of carbonyl (C=O) groups is 1. The Morgan fingerprint density at radius 1 is 1.38 bits per heavy atom. The van der Waals surface area contributed by atoms with Gasteiger partial charge in [0.2, 0.25) is 0 Å². The number of aliphatic hydroxyl groups is 2. The molecule has 1 saturated heterocycles. The highest BCUT2D eigenvalue weighted by atomic mass is 32.1. The van der Waals surface area contributed by atoms with Crippen molar-refractivity contribution in [3.05, 3.63) is 57.7 Å². The minimum Gasteiger partial charge on any atom is -0.468 e. The molecule has 6 atom stereocenters. The van der Waals surface area contributed by atoms with E-state index in [1.54, 1.807) is 30.3 Å². The fourth-order valence-electron chi connectivity index (χ4n) is 3.34. The summed E-state index contributed by atoms with van der Waals surface area (Å²) in [6.07, 6.45) is -2.53. The molecule has 2 unspecified atom stereocenters. The van der Waals surface area contributed by atoms with E-state index in [2.05, 4.69) is 14.8 Å². The summed E-state index contributed by atoms with van der Waals surface area (Å²) >= 11 is 5.12. The zero-order chi connectivity index (χ0) is 25.1. The first-order valence-corrected chi connectivity index (χ1v) is 12.1. The van der Waals surface area contributed by atoms with Crippen LogP contribution in [0, 0.1) is 4.77 Å². The van der Waals surface area contributed by atoms with E-state index in [4.69, 9.17) is 26.0 Å². The Bertz CT molecular complexity index is 1170. The molecule has 14 heteroatoms. The fraction of sp³-hybridized carbons (Fsp3) is 0.450. The van der Waals surface area contributed by atoms with Gasteiger partial charge in [0.25, 0.3) is 5.56 Å². The van der Waals surface area contributed by atoms with Gasteiger partial charge in [-0.25, -0.2) is 4.57 Å². The normalized spacial score (nSPS) is 27.0. The summed E-state index contributed by atoms with van der Waals surface area (Å²) in [5.74, 6) is -0.499. The zero-order valence-corrected chi connectivity index (χ0v) is 20.3. The number of aliphatic hydroxyl groups excluding tert-OH is 1. The second-order valence-electron chi connectivity index (χ2n) is 7.79. The maximum atomic E-state index is 13.5. The average Bonchev–Trinajstić information content (AvgIpc) is 3.01. The number of benzene rings is 1. The first-order valence-electron chi connectivity index (χ1n) is 10.2. The van der Waals surface area contributed by atoms with E-state index in [9.17, 15) is 24.4 Å². The highest BCUT2D eigenvalue weighted by Gasteiger charge is 2.53. The van der Waals surface area contributed by atoms with E-state index in [0.29, 0.717) is 0 Å². The number of ether oxygens (including phenoxy) is 2. The third kappa shape index (κ3) is 5.81. The van der Waals surface area contributed by atoms with Crippen molar-refractivity contribution in [1.82, 2.24) is 14.6 Å². The number of hydrogen-bond donors (Lipinski definition) is 4. The van der Waals surface area contributed by atoms with Gasteiger partial charge >= 0.3 is 13.7 Å². The Kier molecular flexibility index (Phi) is 8.09. The Labute approximate surface area is 200 Å². The minimum absolute atomic E-state index is 0.0294. The minimum atomic E-state index is -4.19. The maximum absolute atomic E-state index is 13.5. The van der Waals surface area contributed by atoms with Crippen molar-refractivity contribution in [3.8, 4) is 5.75 Å². The molecule has 186 valence electrons. The van der Waals surface area contributed by atoms with Gasteiger partial charge in [0.15, 0.2) is 11.0 Å². The molecule has 0 amide bonds. The molecule has 1 aliphatic heterocycles. The number of H-pyrrole nitrogens is 1. The predicted molar refractivity (Wildman–Crippen MR) is 122 cm³/mol. The molecule has 2 heterocycles. The van der Waals surface area contributed by atoms with Gasteiger partial charge in [0, 0.05) is 12.3 Å². The van der Waals surface area contributed by atoms with Crippen molar-refractivity contribution in [3.63, 3.8) is 0 Å². The zero-order valence-electron chi connectivity index (χ0n) is 18.6. The summed E-state index contributed by atoms with van der Waals surface area (Å²) in [7, 11) is -3.01. The topological polar surface area (TPSA) is 161 Å². The quantitative estimate of drug-likeness (QED) is 0.216. The van der Waals surface area contributed by atoms with Crippen molar-refractivity contribution in [2.45, 2.75) is 43.9 Å². The van der Waals surface area contributed by atoms with Crippen LogP contribution in [-0.2, 0) is 23.4 Å². The van der Waals surface area contributed by atoms with Gasteiger partial charge in [-0.05, 0) is 38.2 Å². The van der Waals surface area contributed by atoms with Crippen LogP contribution in [0.25, 0.3) is 0 Å².